The van der Waals surface area contributed by atoms with E-state index < -0.39 is 0 Å². The second kappa shape index (κ2) is 12.7. The number of benzene rings is 8. The fourth-order valence-electron chi connectivity index (χ4n) is 7.82. The van der Waals surface area contributed by atoms with Crippen LogP contribution in [0.2, 0.25) is 0 Å². The summed E-state index contributed by atoms with van der Waals surface area (Å²) in [6.45, 7) is 6.79. The summed E-state index contributed by atoms with van der Waals surface area (Å²) in [5.74, 6) is 0.922. The second-order valence-electron chi connectivity index (χ2n) is 14.6. The summed E-state index contributed by atoms with van der Waals surface area (Å²) >= 11 is 0. The molecule has 52 heavy (non-hydrogen) atoms. The minimum Gasteiger partial charge on any atom is -0.456 e. The van der Waals surface area contributed by atoms with Crippen LogP contribution in [-0.4, -0.2) is 0 Å². The summed E-state index contributed by atoms with van der Waals surface area (Å²) in [5.41, 5.74) is 11.1. The molecule has 0 spiro atoms. The Morgan fingerprint density at radius 1 is 0.423 bits per heavy atom. The van der Waals surface area contributed by atoms with Gasteiger partial charge in [-0.15, -0.1) is 0 Å². The van der Waals surface area contributed by atoms with Gasteiger partial charge in [0.05, 0.1) is 5.69 Å². The maximum atomic E-state index is 6.66. The standard InChI is InChI=1S/C50H39NO/c1-50(2,3)48-44-25-12-14-27-47(44)52-49(48)37-19-15-20-39(32-37)51(46-26-13-11-22-41(46)34-16-5-4-6-17-34)38-30-28-35(29-31-38)45-33-36-18-7-8-21-40(36)42-23-9-10-24-43(42)45/h4-33H,1-3H3. The van der Waals surface area contributed by atoms with Crippen LogP contribution in [0.3, 0.4) is 0 Å². The van der Waals surface area contributed by atoms with E-state index in [1.54, 1.807) is 0 Å². The first-order valence-electron chi connectivity index (χ1n) is 18.0. The molecule has 2 heteroatoms. The number of para-hydroxylation sites is 2. The van der Waals surface area contributed by atoms with Crippen molar-refractivity contribution in [3.8, 4) is 33.6 Å². The molecule has 0 radical (unpaired) electrons. The highest BCUT2D eigenvalue weighted by Gasteiger charge is 2.27. The smallest absolute Gasteiger partial charge is 0.139 e. The van der Waals surface area contributed by atoms with Crippen molar-refractivity contribution in [1.29, 1.82) is 0 Å². The molecule has 2 nitrogen and oxygen atoms in total. The fourth-order valence-corrected chi connectivity index (χ4v) is 7.82. The Hall–Kier alpha value is -6.38. The first-order valence-corrected chi connectivity index (χ1v) is 18.0. The molecule has 8 aromatic carbocycles. The van der Waals surface area contributed by atoms with Crippen LogP contribution in [0.5, 0.6) is 0 Å². The zero-order chi connectivity index (χ0) is 35.2. The number of nitrogens with zero attached hydrogens (tertiary/aromatic N) is 1. The summed E-state index contributed by atoms with van der Waals surface area (Å²) in [5, 5.41) is 6.22. The molecular formula is C50H39NO. The van der Waals surface area contributed by atoms with E-state index in [-0.39, 0.29) is 5.41 Å². The van der Waals surface area contributed by atoms with Crippen molar-refractivity contribution in [3.63, 3.8) is 0 Å². The summed E-state index contributed by atoms with van der Waals surface area (Å²) in [6.07, 6.45) is 0. The highest BCUT2D eigenvalue weighted by molar-refractivity contribution is 6.13. The molecule has 0 aliphatic rings. The van der Waals surface area contributed by atoms with Gasteiger partial charge in [0, 0.05) is 33.5 Å². The average Bonchev–Trinajstić information content (AvgIpc) is 3.60. The third-order valence-electron chi connectivity index (χ3n) is 10.1. The van der Waals surface area contributed by atoms with Crippen LogP contribution in [0.25, 0.3) is 66.1 Å². The van der Waals surface area contributed by atoms with Crippen molar-refractivity contribution >= 4 is 49.6 Å². The highest BCUT2D eigenvalue weighted by atomic mass is 16.3. The van der Waals surface area contributed by atoms with Gasteiger partial charge in [0.1, 0.15) is 11.3 Å². The van der Waals surface area contributed by atoms with Gasteiger partial charge in [0.25, 0.3) is 0 Å². The first-order chi connectivity index (χ1) is 25.4. The number of hydrogen-bond acceptors (Lipinski definition) is 2. The normalized spacial score (nSPS) is 11.8. The van der Waals surface area contributed by atoms with Crippen LogP contribution in [0, 0.1) is 0 Å². The van der Waals surface area contributed by atoms with Gasteiger partial charge in [0.15, 0.2) is 0 Å². The Morgan fingerprint density at radius 2 is 1.04 bits per heavy atom. The van der Waals surface area contributed by atoms with Gasteiger partial charge < -0.3 is 9.32 Å². The van der Waals surface area contributed by atoms with Gasteiger partial charge in [-0.25, -0.2) is 0 Å². The number of fused-ring (bicyclic) bond motifs is 4. The number of anilines is 3. The van der Waals surface area contributed by atoms with Gasteiger partial charge in [-0.3, -0.25) is 0 Å². The van der Waals surface area contributed by atoms with Crippen molar-refractivity contribution in [2.75, 3.05) is 4.90 Å². The Labute approximate surface area is 305 Å². The molecule has 0 saturated carbocycles. The molecule has 9 aromatic rings. The molecule has 0 amide bonds. The summed E-state index contributed by atoms with van der Waals surface area (Å²) in [6, 6.07) is 65.3. The predicted octanol–water partition coefficient (Wildman–Crippen LogP) is 14.5. The van der Waals surface area contributed by atoms with E-state index in [4.69, 9.17) is 4.42 Å². The van der Waals surface area contributed by atoms with E-state index in [2.05, 4.69) is 202 Å². The van der Waals surface area contributed by atoms with Crippen molar-refractivity contribution in [1.82, 2.24) is 0 Å². The molecule has 250 valence electrons. The lowest BCUT2D eigenvalue weighted by molar-refractivity contribution is 0.568. The van der Waals surface area contributed by atoms with Crippen molar-refractivity contribution < 1.29 is 4.42 Å². The van der Waals surface area contributed by atoms with Crippen LogP contribution >= 0.6 is 0 Å². The Balaban J connectivity index is 1.23. The van der Waals surface area contributed by atoms with Crippen LogP contribution in [-0.2, 0) is 5.41 Å². The van der Waals surface area contributed by atoms with Crippen LogP contribution in [0.15, 0.2) is 186 Å². The van der Waals surface area contributed by atoms with E-state index in [1.165, 1.54) is 49.2 Å². The quantitative estimate of drug-likeness (QED) is 0.164. The van der Waals surface area contributed by atoms with Crippen LogP contribution < -0.4 is 4.90 Å². The zero-order valence-corrected chi connectivity index (χ0v) is 29.7. The molecule has 0 fully saturated rings. The molecule has 0 atom stereocenters. The topological polar surface area (TPSA) is 16.4 Å². The summed E-state index contributed by atoms with van der Waals surface area (Å²) in [7, 11) is 0. The first kappa shape index (κ1) is 31.6. The average molecular weight is 670 g/mol. The fraction of sp³-hybridized carbons (Fsp3) is 0.0800. The molecular weight excluding hydrogens is 631 g/mol. The van der Waals surface area contributed by atoms with Gasteiger partial charge in [-0.2, -0.15) is 0 Å². The molecule has 0 bridgehead atoms. The van der Waals surface area contributed by atoms with Crippen LogP contribution in [0.1, 0.15) is 26.3 Å². The SMILES string of the molecule is CC(C)(C)c1c(-c2cccc(N(c3ccc(-c4cc5ccccc5c5ccccc45)cc3)c3ccccc3-c3ccccc3)c2)oc2ccccc12. The summed E-state index contributed by atoms with van der Waals surface area (Å²) in [4.78, 5) is 2.38. The minimum absolute atomic E-state index is 0.111. The van der Waals surface area contributed by atoms with Gasteiger partial charge in [-0.1, -0.05) is 160 Å². The molecule has 0 aliphatic heterocycles. The maximum absolute atomic E-state index is 6.66. The van der Waals surface area contributed by atoms with Gasteiger partial charge >= 0.3 is 0 Å². The van der Waals surface area contributed by atoms with Gasteiger partial charge in [0.2, 0.25) is 0 Å². The molecule has 9 rings (SSSR count). The zero-order valence-electron chi connectivity index (χ0n) is 29.7. The van der Waals surface area contributed by atoms with Gasteiger partial charge in [-0.05, 0) is 86.1 Å². The maximum Gasteiger partial charge on any atom is 0.139 e. The Bertz CT molecular complexity index is 2710. The van der Waals surface area contributed by atoms with Crippen molar-refractivity contribution in [2.45, 2.75) is 26.2 Å². The predicted molar refractivity (Wildman–Crippen MR) is 221 cm³/mol. The number of hydrogen-bond donors (Lipinski definition) is 0. The van der Waals surface area contributed by atoms with Crippen molar-refractivity contribution in [2.24, 2.45) is 0 Å². The minimum atomic E-state index is -0.111. The summed E-state index contributed by atoms with van der Waals surface area (Å²) < 4.78 is 6.66. The molecule has 1 heterocycles. The lowest BCUT2D eigenvalue weighted by Gasteiger charge is -2.28. The van der Waals surface area contributed by atoms with Crippen LogP contribution in [0.4, 0.5) is 17.1 Å². The Morgan fingerprint density at radius 3 is 1.83 bits per heavy atom. The lowest BCUT2D eigenvalue weighted by atomic mass is 9.83. The molecule has 1 aromatic heterocycles. The van der Waals surface area contributed by atoms with E-state index in [0.29, 0.717) is 0 Å². The lowest BCUT2D eigenvalue weighted by Crippen LogP contribution is -2.12. The molecule has 0 saturated heterocycles. The number of rotatable bonds is 6. The third-order valence-corrected chi connectivity index (χ3v) is 10.1. The van der Waals surface area contributed by atoms with Crippen molar-refractivity contribution in [3.05, 3.63) is 188 Å². The molecule has 0 N–H and O–H groups in total. The third kappa shape index (κ3) is 5.54. The highest BCUT2D eigenvalue weighted by Crippen LogP contribution is 2.45. The molecule has 0 aliphatic carbocycles. The second-order valence-corrected chi connectivity index (χ2v) is 14.6. The number of furan rings is 1. The Kier molecular flexibility index (Phi) is 7.74. The molecule has 0 unspecified atom stereocenters. The monoisotopic (exact) mass is 669 g/mol. The van der Waals surface area contributed by atoms with E-state index in [1.807, 2.05) is 6.07 Å². The van der Waals surface area contributed by atoms with E-state index >= 15 is 0 Å². The van der Waals surface area contributed by atoms with E-state index in [9.17, 15) is 0 Å². The van der Waals surface area contributed by atoms with E-state index in [0.717, 1.165) is 39.5 Å². The largest absolute Gasteiger partial charge is 0.456 e.